The largest absolute Gasteiger partial charge is 0.339 e. The fourth-order valence-electron chi connectivity index (χ4n) is 3.21. The average Bonchev–Trinajstić information content (AvgIpc) is 3.24. The van der Waals surface area contributed by atoms with Gasteiger partial charge in [-0.2, -0.15) is 4.98 Å². The molecule has 138 valence electrons. The SMILES string of the molecule is CCc1ncc(C(=O)N2CCCC(c3nc(-c4cccnc4)no3)C2)cn1. The highest BCUT2D eigenvalue weighted by atomic mass is 16.5. The Kier molecular flexibility index (Phi) is 4.86. The minimum Gasteiger partial charge on any atom is -0.339 e. The zero-order valence-corrected chi connectivity index (χ0v) is 15.1. The van der Waals surface area contributed by atoms with Crippen LogP contribution >= 0.6 is 0 Å². The Morgan fingerprint density at radius 3 is 2.89 bits per heavy atom. The molecule has 0 aromatic carbocycles. The fraction of sp³-hybridized carbons (Fsp3) is 0.368. The molecule has 4 heterocycles. The minimum atomic E-state index is -0.0608. The van der Waals surface area contributed by atoms with Crippen molar-refractivity contribution in [2.45, 2.75) is 32.1 Å². The number of pyridine rings is 1. The number of likely N-dealkylation sites (tertiary alicyclic amines) is 1. The van der Waals surface area contributed by atoms with Gasteiger partial charge in [-0.15, -0.1) is 0 Å². The summed E-state index contributed by atoms with van der Waals surface area (Å²) in [5, 5.41) is 4.06. The Bertz CT molecular complexity index is 909. The van der Waals surface area contributed by atoms with Crippen molar-refractivity contribution >= 4 is 5.91 Å². The molecule has 1 atom stereocenters. The second kappa shape index (κ2) is 7.61. The van der Waals surface area contributed by atoms with Crippen LogP contribution in [0.2, 0.25) is 0 Å². The highest BCUT2D eigenvalue weighted by molar-refractivity contribution is 5.93. The van der Waals surface area contributed by atoms with E-state index in [0.29, 0.717) is 30.4 Å². The van der Waals surface area contributed by atoms with Crippen LogP contribution in [0.5, 0.6) is 0 Å². The predicted octanol–water partition coefficient (Wildman–Crippen LogP) is 2.50. The van der Waals surface area contributed by atoms with Crippen molar-refractivity contribution in [2.24, 2.45) is 0 Å². The Morgan fingerprint density at radius 2 is 2.15 bits per heavy atom. The van der Waals surface area contributed by atoms with E-state index in [9.17, 15) is 4.79 Å². The summed E-state index contributed by atoms with van der Waals surface area (Å²) in [6.45, 7) is 3.23. The lowest BCUT2D eigenvalue weighted by Crippen LogP contribution is -2.39. The smallest absolute Gasteiger partial charge is 0.257 e. The van der Waals surface area contributed by atoms with Crippen molar-refractivity contribution in [3.05, 3.63) is 54.2 Å². The lowest BCUT2D eigenvalue weighted by atomic mass is 9.97. The van der Waals surface area contributed by atoms with Crippen LogP contribution < -0.4 is 0 Å². The van der Waals surface area contributed by atoms with Gasteiger partial charge in [0.1, 0.15) is 5.82 Å². The maximum absolute atomic E-state index is 12.8. The number of hydrogen-bond donors (Lipinski definition) is 0. The number of aromatic nitrogens is 5. The van der Waals surface area contributed by atoms with Gasteiger partial charge in [0, 0.05) is 49.9 Å². The first-order valence-electron chi connectivity index (χ1n) is 9.08. The van der Waals surface area contributed by atoms with Crippen LogP contribution in [-0.4, -0.2) is 49.0 Å². The van der Waals surface area contributed by atoms with E-state index in [1.165, 1.54) is 0 Å². The monoisotopic (exact) mass is 364 g/mol. The molecule has 0 radical (unpaired) electrons. The summed E-state index contributed by atoms with van der Waals surface area (Å²) in [5.74, 6) is 1.77. The van der Waals surface area contributed by atoms with Crippen molar-refractivity contribution in [2.75, 3.05) is 13.1 Å². The summed E-state index contributed by atoms with van der Waals surface area (Å²) in [6, 6.07) is 3.72. The number of carbonyl (C=O) groups is 1. The molecule has 0 saturated carbocycles. The number of hydrogen-bond acceptors (Lipinski definition) is 7. The first kappa shape index (κ1) is 17.3. The van der Waals surface area contributed by atoms with Gasteiger partial charge < -0.3 is 9.42 Å². The predicted molar refractivity (Wildman–Crippen MR) is 96.8 cm³/mol. The summed E-state index contributed by atoms with van der Waals surface area (Å²) in [7, 11) is 0. The molecule has 1 unspecified atom stereocenters. The molecule has 1 fully saturated rings. The van der Waals surface area contributed by atoms with Crippen molar-refractivity contribution in [1.29, 1.82) is 0 Å². The lowest BCUT2D eigenvalue weighted by molar-refractivity contribution is 0.0694. The molecule has 0 aliphatic carbocycles. The first-order chi connectivity index (χ1) is 13.2. The molecule has 0 N–H and O–H groups in total. The van der Waals surface area contributed by atoms with Crippen LogP contribution in [0.15, 0.2) is 41.4 Å². The summed E-state index contributed by atoms with van der Waals surface area (Å²) < 4.78 is 5.47. The average molecular weight is 364 g/mol. The Hall–Kier alpha value is -3.16. The normalized spacial score (nSPS) is 17.1. The topological polar surface area (TPSA) is 97.9 Å². The number of nitrogens with zero attached hydrogens (tertiary/aromatic N) is 6. The van der Waals surface area contributed by atoms with Gasteiger partial charge in [-0.25, -0.2) is 9.97 Å². The summed E-state index contributed by atoms with van der Waals surface area (Å²) in [5.41, 5.74) is 1.32. The van der Waals surface area contributed by atoms with Gasteiger partial charge in [-0.05, 0) is 25.0 Å². The number of rotatable bonds is 4. The molecule has 0 spiro atoms. The molecule has 0 bridgehead atoms. The number of carbonyl (C=O) groups excluding carboxylic acids is 1. The molecule has 4 rings (SSSR count). The van der Waals surface area contributed by atoms with E-state index >= 15 is 0 Å². The Morgan fingerprint density at radius 1 is 1.30 bits per heavy atom. The van der Waals surface area contributed by atoms with Crippen LogP contribution in [-0.2, 0) is 6.42 Å². The number of piperidine rings is 1. The molecule has 3 aromatic heterocycles. The van der Waals surface area contributed by atoms with Gasteiger partial charge >= 0.3 is 0 Å². The van der Waals surface area contributed by atoms with Crippen LogP contribution in [0, 0.1) is 0 Å². The molecular weight excluding hydrogens is 344 g/mol. The van der Waals surface area contributed by atoms with E-state index < -0.39 is 0 Å². The fourth-order valence-corrected chi connectivity index (χ4v) is 3.21. The maximum Gasteiger partial charge on any atom is 0.257 e. The summed E-state index contributed by atoms with van der Waals surface area (Å²) in [6.07, 6.45) is 9.14. The van der Waals surface area contributed by atoms with Gasteiger partial charge in [-0.3, -0.25) is 9.78 Å². The van der Waals surface area contributed by atoms with Gasteiger partial charge in [-0.1, -0.05) is 12.1 Å². The Labute approximate surface area is 156 Å². The zero-order valence-electron chi connectivity index (χ0n) is 15.1. The molecular formula is C19H20N6O2. The van der Waals surface area contributed by atoms with Crippen LogP contribution in [0.1, 0.15) is 47.8 Å². The highest BCUT2D eigenvalue weighted by Crippen LogP contribution is 2.28. The molecule has 3 aromatic rings. The lowest BCUT2D eigenvalue weighted by Gasteiger charge is -2.30. The van der Waals surface area contributed by atoms with E-state index in [1.807, 2.05) is 24.0 Å². The summed E-state index contributed by atoms with van der Waals surface area (Å²) in [4.78, 5) is 31.6. The molecule has 1 amide bonds. The van der Waals surface area contributed by atoms with Crippen LogP contribution in [0.4, 0.5) is 0 Å². The summed E-state index contributed by atoms with van der Waals surface area (Å²) >= 11 is 0. The van der Waals surface area contributed by atoms with Gasteiger partial charge in [0.05, 0.1) is 11.5 Å². The molecule has 1 aliphatic rings. The van der Waals surface area contributed by atoms with E-state index in [2.05, 4.69) is 25.1 Å². The third kappa shape index (κ3) is 3.69. The van der Waals surface area contributed by atoms with Gasteiger partial charge in [0.25, 0.3) is 5.91 Å². The van der Waals surface area contributed by atoms with Gasteiger partial charge in [0.2, 0.25) is 11.7 Å². The van der Waals surface area contributed by atoms with Crippen molar-refractivity contribution in [1.82, 2.24) is 30.0 Å². The third-order valence-electron chi connectivity index (χ3n) is 4.69. The van der Waals surface area contributed by atoms with Crippen LogP contribution in [0.25, 0.3) is 11.4 Å². The van der Waals surface area contributed by atoms with E-state index in [4.69, 9.17) is 4.52 Å². The quantitative estimate of drug-likeness (QED) is 0.701. The van der Waals surface area contributed by atoms with Crippen molar-refractivity contribution in [3.8, 4) is 11.4 Å². The molecule has 27 heavy (non-hydrogen) atoms. The second-order valence-corrected chi connectivity index (χ2v) is 6.53. The second-order valence-electron chi connectivity index (χ2n) is 6.53. The highest BCUT2D eigenvalue weighted by Gasteiger charge is 2.29. The van der Waals surface area contributed by atoms with Gasteiger partial charge in [0.15, 0.2) is 0 Å². The third-order valence-corrected chi connectivity index (χ3v) is 4.69. The van der Waals surface area contributed by atoms with Crippen molar-refractivity contribution in [3.63, 3.8) is 0 Å². The molecule has 8 heteroatoms. The number of amides is 1. The van der Waals surface area contributed by atoms with E-state index in [-0.39, 0.29) is 11.8 Å². The van der Waals surface area contributed by atoms with Crippen LogP contribution in [0.3, 0.4) is 0 Å². The molecule has 1 saturated heterocycles. The minimum absolute atomic E-state index is 0.0245. The van der Waals surface area contributed by atoms with E-state index in [1.54, 1.807) is 24.8 Å². The first-order valence-corrected chi connectivity index (χ1v) is 9.08. The maximum atomic E-state index is 12.8. The molecule has 8 nitrogen and oxygen atoms in total. The standard InChI is InChI=1S/C19H20N6O2/c1-2-16-21-10-15(11-22-16)19(26)25-8-4-6-14(12-25)18-23-17(24-27-18)13-5-3-7-20-9-13/h3,5,7,9-11,14H,2,4,6,8,12H2,1H3. The van der Waals surface area contributed by atoms with E-state index in [0.717, 1.165) is 30.7 Å². The zero-order chi connectivity index (χ0) is 18.6. The molecule has 1 aliphatic heterocycles. The van der Waals surface area contributed by atoms with Crippen molar-refractivity contribution < 1.29 is 9.32 Å². The Balaban J connectivity index is 1.48. The number of aryl methyl sites for hydroxylation is 1.